The molecule has 0 fully saturated rings. The summed E-state index contributed by atoms with van der Waals surface area (Å²) in [6, 6.07) is 16.8. The molecule has 0 aliphatic heterocycles. The molecule has 1 unspecified atom stereocenters. The minimum atomic E-state index is -0.883. The fourth-order valence-electron chi connectivity index (χ4n) is 2.40. The van der Waals surface area contributed by atoms with E-state index in [0.29, 0.717) is 5.57 Å². The smallest absolute Gasteiger partial charge is 0.354 e. The summed E-state index contributed by atoms with van der Waals surface area (Å²) in [7, 11) is 0. The third-order valence-electron chi connectivity index (χ3n) is 3.74. The summed E-state index contributed by atoms with van der Waals surface area (Å²) < 4.78 is 5.07. The Balaban J connectivity index is 2.14. The highest BCUT2D eigenvalue weighted by Gasteiger charge is 2.19. The summed E-state index contributed by atoms with van der Waals surface area (Å²) >= 11 is 0. The number of hydrogen-bond donors (Lipinski definition) is 2. The maximum Gasteiger partial charge on any atom is 0.354 e. The summed E-state index contributed by atoms with van der Waals surface area (Å²) in [6.45, 7) is 7.86. The van der Waals surface area contributed by atoms with Gasteiger partial charge in [-0.2, -0.15) is 5.10 Å². The van der Waals surface area contributed by atoms with Crippen molar-refractivity contribution in [1.82, 2.24) is 0 Å². The fourth-order valence-corrected chi connectivity index (χ4v) is 2.40. The van der Waals surface area contributed by atoms with Crippen LogP contribution in [0, 0.1) is 6.92 Å². The van der Waals surface area contributed by atoms with Crippen molar-refractivity contribution >= 4 is 17.4 Å². The van der Waals surface area contributed by atoms with Crippen LogP contribution in [-0.4, -0.2) is 23.4 Å². The lowest BCUT2D eigenvalue weighted by atomic mass is 9.97. The monoisotopic (exact) mass is 352 g/mol. The van der Waals surface area contributed by atoms with E-state index < -0.39 is 12.1 Å². The lowest BCUT2D eigenvalue weighted by molar-refractivity contribution is -0.135. The molecule has 2 aromatic rings. The van der Waals surface area contributed by atoms with Gasteiger partial charge < -0.3 is 9.84 Å². The van der Waals surface area contributed by atoms with Crippen molar-refractivity contribution in [1.29, 1.82) is 0 Å². The molecule has 0 radical (unpaired) electrons. The Kier molecular flexibility index (Phi) is 7.12. The van der Waals surface area contributed by atoms with Crippen molar-refractivity contribution in [2.75, 3.05) is 12.0 Å². The molecule has 0 bridgehead atoms. The third-order valence-corrected chi connectivity index (χ3v) is 3.74. The van der Waals surface area contributed by atoms with Gasteiger partial charge in [0.2, 0.25) is 0 Å². The molecule has 2 N–H and O–H groups in total. The molecule has 1 atom stereocenters. The van der Waals surface area contributed by atoms with Gasteiger partial charge in [-0.3, -0.25) is 5.43 Å². The molecule has 0 amide bonds. The van der Waals surface area contributed by atoms with Gasteiger partial charge in [0.05, 0.1) is 12.3 Å². The number of carbonyl (C=O) groups is 1. The number of nitrogens with zero attached hydrogens (tertiary/aromatic N) is 1. The molecule has 2 aromatic carbocycles. The van der Waals surface area contributed by atoms with Crippen LogP contribution in [0.4, 0.5) is 5.69 Å². The van der Waals surface area contributed by atoms with Crippen molar-refractivity contribution in [2.45, 2.75) is 26.4 Å². The average molecular weight is 352 g/mol. The highest BCUT2D eigenvalue weighted by molar-refractivity contribution is 6.37. The van der Waals surface area contributed by atoms with E-state index in [1.807, 2.05) is 61.5 Å². The Labute approximate surface area is 154 Å². The van der Waals surface area contributed by atoms with Gasteiger partial charge in [-0.15, -0.1) is 0 Å². The lowest BCUT2D eigenvalue weighted by Crippen LogP contribution is -2.21. The predicted molar refractivity (Wildman–Crippen MR) is 104 cm³/mol. The lowest BCUT2D eigenvalue weighted by Gasteiger charge is -2.15. The zero-order valence-corrected chi connectivity index (χ0v) is 15.1. The molecule has 0 aliphatic carbocycles. The SMILES string of the molecule is C=C(C/C(=N\Nc1ccccc1)C(=O)OCC)C(O)c1cccc(C)c1. The van der Waals surface area contributed by atoms with Crippen molar-refractivity contribution < 1.29 is 14.6 Å². The van der Waals surface area contributed by atoms with E-state index in [2.05, 4.69) is 17.1 Å². The Hall–Kier alpha value is -2.92. The van der Waals surface area contributed by atoms with Crippen molar-refractivity contribution in [3.8, 4) is 0 Å². The third kappa shape index (κ3) is 5.57. The number of nitrogens with one attached hydrogen (secondary N) is 1. The minimum absolute atomic E-state index is 0.105. The second-order valence-electron chi connectivity index (χ2n) is 5.91. The van der Waals surface area contributed by atoms with Gasteiger partial charge >= 0.3 is 5.97 Å². The number of benzene rings is 2. The van der Waals surface area contributed by atoms with Gasteiger partial charge in [-0.1, -0.05) is 54.6 Å². The van der Waals surface area contributed by atoms with E-state index in [-0.39, 0.29) is 18.7 Å². The van der Waals surface area contributed by atoms with E-state index in [1.165, 1.54) is 0 Å². The van der Waals surface area contributed by atoms with E-state index in [1.54, 1.807) is 6.92 Å². The number of aryl methyl sites for hydroxylation is 1. The quantitative estimate of drug-likeness (QED) is 0.326. The maximum atomic E-state index is 12.2. The summed E-state index contributed by atoms with van der Waals surface area (Å²) in [5.41, 5.74) is 5.99. The van der Waals surface area contributed by atoms with Gasteiger partial charge in [0.1, 0.15) is 11.8 Å². The van der Waals surface area contributed by atoms with Crippen LogP contribution in [0.5, 0.6) is 0 Å². The molecule has 0 spiro atoms. The standard InChI is InChI=1S/C21H24N2O3/c1-4-26-21(25)19(23-22-18-11-6-5-7-12-18)14-16(3)20(24)17-10-8-9-15(2)13-17/h5-13,20,22,24H,3-4,14H2,1-2H3/b23-19+. The van der Waals surface area contributed by atoms with E-state index in [9.17, 15) is 9.90 Å². The topological polar surface area (TPSA) is 70.9 Å². The molecule has 136 valence electrons. The highest BCUT2D eigenvalue weighted by Crippen LogP contribution is 2.24. The Morgan fingerprint density at radius 1 is 1.23 bits per heavy atom. The normalized spacial score (nSPS) is 12.3. The number of aliphatic hydroxyl groups is 1. The predicted octanol–water partition coefficient (Wildman–Crippen LogP) is 4.01. The van der Waals surface area contributed by atoms with Crippen LogP contribution in [0.1, 0.15) is 30.6 Å². The first-order valence-corrected chi connectivity index (χ1v) is 8.48. The van der Waals surface area contributed by atoms with E-state index >= 15 is 0 Å². The van der Waals surface area contributed by atoms with Gasteiger partial charge in [-0.05, 0) is 37.1 Å². The van der Waals surface area contributed by atoms with Crippen LogP contribution in [0.15, 0.2) is 71.9 Å². The first-order valence-electron chi connectivity index (χ1n) is 8.48. The van der Waals surface area contributed by atoms with Crippen molar-refractivity contribution in [2.24, 2.45) is 5.10 Å². The van der Waals surface area contributed by atoms with Crippen LogP contribution in [0.2, 0.25) is 0 Å². The van der Waals surface area contributed by atoms with Gasteiger partial charge in [0.25, 0.3) is 0 Å². The fraction of sp³-hybridized carbons (Fsp3) is 0.238. The molecule has 26 heavy (non-hydrogen) atoms. The Morgan fingerprint density at radius 3 is 2.62 bits per heavy atom. The van der Waals surface area contributed by atoms with Crippen LogP contribution in [-0.2, 0) is 9.53 Å². The number of rotatable bonds is 8. The average Bonchev–Trinajstić information content (AvgIpc) is 2.65. The first-order chi connectivity index (χ1) is 12.5. The zero-order valence-electron chi connectivity index (χ0n) is 15.1. The number of hydrazone groups is 1. The molecule has 0 saturated carbocycles. The van der Waals surface area contributed by atoms with Crippen LogP contribution < -0.4 is 5.43 Å². The highest BCUT2D eigenvalue weighted by atomic mass is 16.5. The molecule has 2 rings (SSSR count). The van der Waals surface area contributed by atoms with Gasteiger partial charge in [0, 0.05) is 6.42 Å². The van der Waals surface area contributed by atoms with E-state index in [0.717, 1.165) is 16.8 Å². The van der Waals surface area contributed by atoms with Crippen molar-refractivity contribution in [3.05, 3.63) is 77.9 Å². The summed E-state index contributed by atoms with van der Waals surface area (Å²) in [5, 5.41) is 14.7. The molecule has 0 aliphatic rings. The van der Waals surface area contributed by atoms with Crippen LogP contribution in [0.25, 0.3) is 0 Å². The molecule has 0 heterocycles. The Bertz CT molecular complexity index is 785. The van der Waals surface area contributed by atoms with Crippen LogP contribution >= 0.6 is 0 Å². The van der Waals surface area contributed by atoms with Crippen LogP contribution in [0.3, 0.4) is 0 Å². The number of ether oxygens (including phenoxy) is 1. The number of anilines is 1. The number of aliphatic hydroxyl groups excluding tert-OH is 1. The van der Waals surface area contributed by atoms with Crippen molar-refractivity contribution in [3.63, 3.8) is 0 Å². The minimum Gasteiger partial charge on any atom is -0.461 e. The molecular weight excluding hydrogens is 328 g/mol. The van der Waals surface area contributed by atoms with Gasteiger partial charge in [-0.25, -0.2) is 4.79 Å². The second-order valence-corrected chi connectivity index (χ2v) is 5.91. The van der Waals surface area contributed by atoms with E-state index in [4.69, 9.17) is 4.74 Å². The summed E-state index contributed by atoms with van der Waals surface area (Å²) in [4.78, 5) is 12.2. The number of para-hydroxylation sites is 1. The molecule has 5 nitrogen and oxygen atoms in total. The maximum absolute atomic E-state index is 12.2. The summed E-state index contributed by atoms with van der Waals surface area (Å²) in [6.07, 6.45) is -0.778. The second kappa shape index (κ2) is 9.53. The Morgan fingerprint density at radius 2 is 1.96 bits per heavy atom. The molecule has 0 aromatic heterocycles. The summed E-state index contributed by atoms with van der Waals surface area (Å²) in [5.74, 6) is -0.534. The first kappa shape index (κ1) is 19.4. The number of esters is 1. The number of carbonyl (C=O) groups excluding carboxylic acids is 1. The molecule has 5 heteroatoms. The zero-order chi connectivity index (χ0) is 18.9. The largest absolute Gasteiger partial charge is 0.461 e. The van der Waals surface area contributed by atoms with Gasteiger partial charge in [0.15, 0.2) is 0 Å². The molecule has 0 saturated heterocycles. The number of hydrogen-bond acceptors (Lipinski definition) is 5. The molecular formula is C21H24N2O3.